The second kappa shape index (κ2) is 6.61. The largest absolute Gasteiger partial charge is 0.367 e. The van der Waals surface area contributed by atoms with Gasteiger partial charge in [0.1, 0.15) is 0 Å². The number of amides is 1. The maximum absolute atomic E-state index is 12.1. The summed E-state index contributed by atoms with van der Waals surface area (Å²) in [6, 6.07) is 10.2. The van der Waals surface area contributed by atoms with Gasteiger partial charge in [-0.05, 0) is 32.6 Å². The van der Waals surface area contributed by atoms with E-state index in [0.29, 0.717) is 0 Å². The summed E-state index contributed by atoms with van der Waals surface area (Å²) in [7, 11) is 4.10. The van der Waals surface area contributed by atoms with Gasteiger partial charge in [-0.2, -0.15) is 0 Å². The van der Waals surface area contributed by atoms with E-state index in [2.05, 4.69) is 22.3 Å². The molecule has 0 aromatic heterocycles. The molecule has 20 heavy (non-hydrogen) atoms. The third-order valence-electron chi connectivity index (χ3n) is 3.74. The summed E-state index contributed by atoms with van der Waals surface area (Å²) in [5.41, 5.74) is 6.92. The van der Waals surface area contributed by atoms with Crippen LogP contribution < -0.4 is 11.1 Å². The van der Waals surface area contributed by atoms with Crippen molar-refractivity contribution in [1.29, 1.82) is 0 Å². The van der Waals surface area contributed by atoms with Gasteiger partial charge in [-0.3, -0.25) is 10.1 Å². The lowest BCUT2D eigenvalue weighted by Crippen LogP contribution is -2.54. The van der Waals surface area contributed by atoms with Crippen LogP contribution in [0.3, 0.4) is 0 Å². The number of nitrogens with two attached hydrogens (primary N) is 1. The minimum absolute atomic E-state index is 0.0936. The summed E-state index contributed by atoms with van der Waals surface area (Å²) in [5, 5.41) is 3.36. The Labute approximate surface area is 125 Å². The molecule has 0 bridgehead atoms. The van der Waals surface area contributed by atoms with Crippen molar-refractivity contribution >= 4 is 17.7 Å². The van der Waals surface area contributed by atoms with E-state index in [9.17, 15) is 4.79 Å². The first-order valence-corrected chi connectivity index (χ1v) is 7.93. The van der Waals surface area contributed by atoms with E-state index in [1.54, 1.807) is 11.8 Å². The van der Waals surface area contributed by atoms with Crippen molar-refractivity contribution in [3.05, 3.63) is 35.9 Å². The summed E-state index contributed by atoms with van der Waals surface area (Å²) < 4.78 is 0. The summed E-state index contributed by atoms with van der Waals surface area (Å²) in [6.45, 7) is 1.76. The van der Waals surface area contributed by atoms with Crippen LogP contribution in [0.4, 0.5) is 0 Å². The Morgan fingerprint density at radius 1 is 1.45 bits per heavy atom. The normalized spacial score (nSPS) is 23.9. The van der Waals surface area contributed by atoms with E-state index in [0.717, 1.165) is 25.3 Å². The summed E-state index contributed by atoms with van der Waals surface area (Å²) >= 11 is 1.65. The van der Waals surface area contributed by atoms with Crippen LogP contribution in [-0.2, 0) is 4.79 Å². The molecule has 0 radical (unpaired) electrons. The number of carbonyl (C=O) groups excluding carboxylic acids is 1. The Kier molecular flexibility index (Phi) is 5.07. The van der Waals surface area contributed by atoms with E-state index in [4.69, 9.17) is 5.73 Å². The molecular weight excluding hydrogens is 270 g/mol. The van der Waals surface area contributed by atoms with Gasteiger partial charge < -0.3 is 10.6 Å². The molecule has 3 N–H and O–H groups in total. The first-order valence-electron chi connectivity index (χ1n) is 6.95. The standard InChI is InChI=1S/C15H23N3OS/c1-18(2)10-8-13(12-6-4-3-5-7-12)15(14(16)19)17-9-11-20-15/h3-7,13,17H,8-11H2,1-2H3,(H2,16,19). The predicted octanol–water partition coefficient (Wildman–Crippen LogP) is 1.24. The van der Waals surface area contributed by atoms with Gasteiger partial charge in [-0.25, -0.2) is 0 Å². The number of hydrogen-bond acceptors (Lipinski definition) is 4. The van der Waals surface area contributed by atoms with Crippen molar-refractivity contribution in [3.63, 3.8) is 0 Å². The van der Waals surface area contributed by atoms with E-state index < -0.39 is 4.87 Å². The Hall–Kier alpha value is -1.04. The highest BCUT2D eigenvalue weighted by molar-refractivity contribution is 8.01. The van der Waals surface area contributed by atoms with Crippen LogP contribution in [0.2, 0.25) is 0 Å². The van der Waals surface area contributed by atoms with E-state index in [1.807, 2.05) is 32.3 Å². The van der Waals surface area contributed by atoms with Gasteiger partial charge in [0, 0.05) is 18.2 Å². The monoisotopic (exact) mass is 293 g/mol. The van der Waals surface area contributed by atoms with Crippen LogP contribution >= 0.6 is 11.8 Å². The molecule has 1 aromatic carbocycles. The zero-order chi connectivity index (χ0) is 14.6. The summed E-state index contributed by atoms with van der Waals surface area (Å²) in [4.78, 5) is 13.6. The lowest BCUT2D eigenvalue weighted by atomic mass is 9.87. The van der Waals surface area contributed by atoms with E-state index in [-0.39, 0.29) is 11.8 Å². The number of hydrogen-bond donors (Lipinski definition) is 2. The molecule has 1 aliphatic rings. The number of rotatable bonds is 6. The van der Waals surface area contributed by atoms with Gasteiger partial charge in [-0.15, -0.1) is 11.8 Å². The molecule has 2 unspecified atom stereocenters. The van der Waals surface area contributed by atoms with Crippen molar-refractivity contribution in [3.8, 4) is 0 Å². The Morgan fingerprint density at radius 3 is 2.65 bits per heavy atom. The van der Waals surface area contributed by atoms with Crippen LogP contribution in [0, 0.1) is 0 Å². The first-order chi connectivity index (χ1) is 9.56. The molecule has 5 heteroatoms. The number of thioether (sulfide) groups is 1. The molecule has 0 spiro atoms. The third-order valence-corrected chi connectivity index (χ3v) is 5.24. The molecule has 1 fully saturated rings. The number of nitrogens with one attached hydrogen (secondary N) is 1. The SMILES string of the molecule is CN(C)CCC(c1ccccc1)C1(C(N)=O)NCCS1. The number of carbonyl (C=O) groups is 1. The maximum Gasteiger partial charge on any atom is 0.248 e. The minimum Gasteiger partial charge on any atom is -0.367 e. The Balaban J connectivity index is 2.32. The van der Waals surface area contributed by atoms with Gasteiger partial charge >= 0.3 is 0 Å². The molecule has 4 nitrogen and oxygen atoms in total. The fourth-order valence-corrected chi connectivity index (χ4v) is 4.06. The molecule has 0 saturated carbocycles. The maximum atomic E-state index is 12.1. The molecule has 0 aliphatic carbocycles. The van der Waals surface area contributed by atoms with Crippen molar-refractivity contribution in [2.75, 3.05) is 32.9 Å². The van der Waals surface area contributed by atoms with Crippen LogP contribution in [0.25, 0.3) is 0 Å². The van der Waals surface area contributed by atoms with E-state index >= 15 is 0 Å². The number of primary amides is 1. The quantitative estimate of drug-likeness (QED) is 0.828. The van der Waals surface area contributed by atoms with Crippen LogP contribution in [0.1, 0.15) is 17.9 Å². The number of nitrogens with zero attached hydrogens (tertiary/aromatic N) is 1. The summed E-state index contributed by atoms with van der Waals surface area (Å²) in [5.74, 6) is 0.762. The lowest BCUT2D eigenvalue weighted by molar-refractivity contribution is -0.121. The molecule has 2 rings (SSSR count). The van der Waals surface area contributed by atoms with Gasteiger partial charge in [0.2, 0.25) is 5.91 Å². The molecule has 1 saturated heterocycles. The average molecular weight is 293 g/mol. The molecule has 1 aromatic rings. The highest BCUT2D eigenvalue weighted by Crippen LogP contribution is 2.42. The first kappa shape index (κ1) is 15.4. The molecule has 110 valence electrons. The van der Waals surface area contributed by atoms with Crippen molar-refractivity contribution in [2.45, 2.75) is 17.2 Å². The molecular formula is C15H23N3OS. The second-order valence-electron chi connectivity index (χ2n) is 5.43. The Morgan fingerprint density at radius 2 is 2.15 bits per heavy atom. The minimum atomic E-state index is -0.669. The van der Waals surface area contributed by atoms with Crippen molar-refractivity contribution < 1.29 is 4.79 Å². The Bertz CT molecular complexity index is 444. The lowest BCUT2D eigenvalue weighted by Gasteiger charge is -2.35. The van der Waals surface area contributed by atoms with Crippen LogP contribution in [0.15, 0.2) is 30.3 Å². The molecule has 1 heterocycles. The van der Waals surface area contributed by atoms with Gasteiger partial charge in [0.25, 0.3) is 0 Å². The zero-order valence-electron chi connectivity index (χ0n) is 12.1. The van der Waals surface area contributed by atoms with Crippen molar-refractivity contribution in [1.82, 2.24) is 10.2 Å². The molecule has 2 atom stereocenters. The van der Waals surface area contributed by atoms with Crippen LogP contribution in [0.5, 0.6) is 0 Å². The van der Waals surface area contributed by atoms with Gasteiger partial charge in [-0.1, -0.05) is 30.3 Å². The van der Waals surface area contributed by atoms with Gasteiger partial charge in [0.15, 0.2) is 4.87 Å². The molecule has 1 amide bonds. The highest BCUT2D eigenvalue weighted by atomic mass is 32.2. The highest BCUT2D eigenvalue weighted by Gasteiger charge is 2.47. The van der Waals surface area contributed by atoms with Crippen LogP contribution in [-0.4, -0.2) is 48.6 Å². The predicted molar refractivity (Wildman–Crippen MR) is 84.7 cm³/mol. The second-order valence-corrected chi connectivity index (χ2v) is 6.77. The number of benzene rings is 1. The zero-order valence-corrected chi connectivity index (χ0v) is 13.0. The topological polar surface area (TPSA) is 58.4 Å². The fourth-order valence-electron chi connectivity index (χ4n) is 2.73. The molecule has 1 aliphatic heterocycles. The third kappa shape index (κ3) is 3.16. The fraction of sp³-hybridized carbons (Fsp3) is 0.533. The van der Waals surface area contributed by atoms with Crippen molar-refractivity contribution in [2.24, 2.45) is 5.73 Å². The van der Waals surface area contributed by atoms with Gasteiger partial charge in [0.05, 0.1) is 0 Å². The summed E-state index contributed by atoms with van der Waals surface area (Å²) in [6.07, 6.45) is 0.903. The van der Waals surface area contributed by atoms with E-state index in [1.165, 1.54) is 5.56 Å². The average Bonchev–Trinajstić information content (AvgIpc) is 2.90. The smallest absolute Gasteiger partial charge is 0.248 e.